The molecule has 1 aliphatic carbocycles. The number of carbonyl (C=O) groups is 6. The third-order valence-electron chi connectivity index (χ3n) is 6.03. The van der Waals surface area contributed by atoms with E-state index in [1.807, 2.05) is 0 Å². The van der Waals surface area contributed by atoms with E-state index in [-0.39, 0.29) is 59.6 Å². The van der Waals surface area contributed by atoms with E-state index in [0.717, 1.165) is 0 Å². The predicted molar refractivity (Wildman–Crippen MR) is 141 cm³/mol. The number of hydrogen-bond acceptors (Lipinski definition) is 10. The minimum Gasteiger partial charge on any atom is -0.394 e. The Morgan fingerprint density at radius 1 is 0.600 bits per heavy atom. The number of nitrogens with one attached hydrogen (secondary N) is 4. The van der Waals surface area contributed by atoms with Gasteiger partial charge in [0, 0.05) is 59.6 Å². The summed E-state index contributed by atoms with van der Waals surface area (Å²) in [7, 11) is 0. The highest BCUT2D eigenvalue weighted by Gasteiger charge is 2.31. The predicted octanol–water partition coefficient (Wildman–Crippen LogP) is -3.21. The summed E-state index contributed by atoms with van der Waals surface area (Å²) < 4.78 is 0. The summed E-state index contributed by atoms with van der Waals surface area (Å²) in [4.78, 5) is 74.5. The van der Waals surface area contributed by atoms with E-state index in [2.05, 4.69) is 21.3 Å². The molecule has 14 heteroatoms. The molecule has 0 saturated carbocycles. The summed E-state index contributed by atoms with van der Waals surface area (Å²) in [6.45, 7) is -0.777. The number of carbonyl (C=O) groups excluding carboxylic acids is 6. The Kier molecular flexibility index (Phi) is 10.2. The van der Waals surface area contributed by atoms with Crippen LogP contribution in [0.25, 0.3) is 0 Å². The van der Waals surface area contributed by atoms with E-state index in [9.17, 15) is 28.8 Å². The Morgan fingerprint density at radius 2 is 0.950 bits per heavy atom. The van der Waals surface area contributed by atoms with E-state index in [1.54, 1.807) is 0 Å². The van der Waals surface area contributed by atoms with Crippen molar-refractivity contribution in [2.45, 2.75) is 12.1 Å². The number of aliphatic hydroxyl groups is 2. The van der Waals surface area contributed by atoms with Gasteiger partial charge in [-0.15, -0.1) is 0 Å². The third-order valence-corrected chi connectivity index (χ3v) is 6.03. The van der Waals surface area contributed by atoms with Gasteiger partial charge in [0.1, 0.15) is 12.1 Å². The number of hydrogen-bond donors (Lipinski definition) is 8. The van der Waals surface area contributed by atoms with E-state index in [1.165, 1.54) is 36.4 Å². The summed E-state index contributed by atoms with van der Waals surface area (Å²) in [6.07, 6.45) is 0. The average molecular weight is 555 g/mol. The average Bonchev–Trinajstić information content (AvgIpc) is 2.98. The molecular formula is C26H30N6O8. The molecule has 10 N–H and O–H groups in total. The minimum absolute atomic E-state index is 0.0430. The van der Waals surface area contributed by atoms with Gasteiger partial charge < -0.3 is 42.9 Å². The van der Waals surface area contributed by atoms with Crippen LogP contribution in [0.1, 0.15) is 52.6 Å². The number of nitrogens with two attached hydrogens (primary N) is 2. The summed E-state index contributed by atoms with van der Waals surface area (Å²) in [5.74, 6) is -3.17. The first-order chi connectivity index (χ1) is 19.1. The first-order valence-electron chi connectivity index (χ1n) is 12.3. The molecule has 0 radical (unpaired) electrons. The summed E-state index contributed by atoms with van der Waals surface area (Å²) >= 11 is 0. The lowest BCUT2D eigenvalue weighted by Crippen LogP contribution is -2.45. The number of aliphatic hydroxyl groups excluding tert-OH is 2. The molecule has 40 heavy (non-hydrogen) atoms. The molecule has 2 atom stereocenters. The Morgan fingerprint density at radius 3 is 1.30 bits per heavy atom. The Balaban J connectivity index is 1.63. The molecule has 0 aliphatic heterocycles. The first kappa shape index (κ1) is 30.0. The van der Waals surface area contributed by atoms with Crippen LogP contribution in [0.2, 0.25) is 0 Å². The maximum atomic E-state index is 13.2. The molecule has 0 heterocycles. The van der Waals surface area contributed by atoms with Crippen molar-refractivity contribution in [1.82, 2.24) is 21.3 Å². The van der Waals surface area contributed by atoms with Crippen molar-refractivity contribution in [1.29, 1.82) is 0 Å². The van der Waals surface area contributed by atoms with Gasteiger partial charge in [-0.3, -0.25) is 28.8 Å². The molecule has 0 unspecified atom stereocenters. The maximum absolute atomic E-state index is 13.2. The van der Waals surface area contributed by atoms with Gasteiger partial charge >= 0.3 is 0 Å². The largest absolute Gasteiger partial charge is 0.394 e. The summed E-state index contributed by atoms with van der Waals surface area (Å²) in [6, 6.07) is 5.99. The molecule has 0 aromatic heterocycles. The molecule has 0 bridgehead atoms. The molecular weight excluding hydrogens is 524 g/mol. The SMILES string of the molecule is N[C@@H](CO)C(=O)NCCNC(=O)c1ccc2c(c1)C(=O)c1ccc(C(=O)NCCNC(=O)[C@@H](N)CO)cc1C2=O. The molecule has 0 saturated heterocycles. The van der Waals surface area contributed by atoms with Gasteiger partial charge in [-0.05, 0) is 36.4 Å². The maximum Gasteiger partial charge on any atom is 0.251 e. The van der Waals surface area contributed by atoms with Gasteiger partial charge in [-0.1, -0.05) is 0 Å². The molecule has 2 aromatic carbocycles. The van der Waals surface area contributed by atoms with Gasteiger partial charge in [0.05, 0.1) is 13.2 Å². The molecule has 212 valence electrons. The van der Waals surface area contributed by atoms with Crippen LogP contribution in [0.3, 0.4) is 0 Å². The van der Waals surface area contributed by atoms with Gasteiger partial charge in [-0.2, -0.15) is 0 Å². The topological polar surface area (TPSA) is 243 Å². The molecule has 3 rings (SSSR count). The molecule has 14 nitrogen and oxygen atoms in total. The van der Waals surface area contributed by atoms with Crippen molar-refractivity contribution in [2.24, 2.45) is 11.5 Å². The molecule has 2 aromatic rings. The van der Waals surface area contributed by atoms with E-state index in [0.29, 0.717) is 0 Å². The normalized spacial score (nSPS) is 13.4. The smallest absolute Gasteiger partial charge is 0.251 e. The second-order valence-corrected chi connectivity index (χ2v) is 8.85. The molecule has 4 amide bonds. The number of benzene rings is 2. The van der Waals surface area contributed by atoms with Gasteiger partial charge in [-0.25, -0.2) is 0 Å². The summed E-state index contributed by atoms with van der Waals surface area (Å²) in [5.41, 5.74) is 11.3. The Labute approximate surface area is 228 Å². The van der Waals surface area contributed by atoms with E-state index < -0.39 is 60.5 Å². The summed E-state index contributed by atoms with van der Waals surface area (Å²) in [5, 5.41) is 27.8. The van der Waals surface area contributed by atoms with Crippen molar-refractivity contribution in [2.75, 3.05) is 39.4 Å². The zero-order valence-electron chi connectivity index (χ0n) is 21.4. The number of amides is 4. The highest BCUT2D eigenvalue weighted by atomic mass is 16.3. The number of rotatable bonds is 12. The standard InChI is InChI=1S/C26H30N6O8/c27-19(11-33)25(39)31-7-5-29-23(37)13-1-3-15-17(9-13)22(36)16-4-2-14(10-18(16)21(15)35)24(38)30-6-8-32-26(40)20(28)12-34/h1-4,9-10,19-20,33-34H,5-8,11-12,27-28H2,(H,29,37)(H,30,38)(H,31,39)(H,32,40)/t19-,20-/m0/s1. The second-order valence-electron chi connectivity index (χ2n) is 8.85. The molecule has 0 spiro atoms. The highest BCUT2D eigenvalue weighted by Crippen LogP contribution is 2.29. The van der Waals surface area contributed by atoms with Crippen LogP contribution >= 0.6 is 0 Å². The Bertz CT molecular complexity index is 1240. The van der Waals surface area contributed by atoms with E-state index >= 15 is 0 Å². The minimum atomic E-state index is -1.06. The van der Waals surface area contributed by atoms with Crippen LogP contribution in [-0.4, -0.2) is 96.9 Å². The fourth-order valence-corrected chi connectivity index (χ4v) is 3.79. The fraction of sp³-hybridized carbons (Fsp3) is 0.308. The van der Waals surface area contributed by atoms with Gasteiger partial charge in [0.15, 0.2) is 11.6 Å². The first-order valence-corrected chi connectivity index (χ1v) is 12.3. The lowest BCUT2D eigenvalue weighted by atomic mass is 9.82. The van der Waals surface area contributed by atoms with Crippen LogP contribution in [0.4, 0.5) is 0 Å². The van der Waals surface area contributed by atoms with Crippen LogP contribution in [0.5, 0.6) is 0 Å². The number of ketones is 2. The lowest BCUT2D eigenvalue weighted by Gasteiger charge is -2.19. The van der Waals surface area contributed by atoms with Crippen molar-refractivity contribution >= 4 is 35.2 Å². The Hall–Kier alpha value is -4.50. The van der Waals surface area contributed by atoms with E-state index in [4.69, 9.17) is 21.7 Å². The van der Waals surface area contributed by atoms with Crippen molar-refractivity contribution < 1.29 is 39.0 Å². The lowest BCUT2D eigenvalue weighted by molar-refractivity contribution is -0.123. The fourth-order valence-electron chi connectivity index (χ4n) is 3.79. The van der Waals surface area contributed by atoms with Crippen LogP contribution in [-0.2, 0) is 9.59 Å². The quantitative estimate of drug-likeness (QED) is 0.104. The molecule has 1 aliphatic rings. The van der Waals surface area contributed by atoms with Crippen molar-refractivity contribution in [3.05, 3.63) is 69.8 Å². The van der Waals surface area contributed by atoms with Crippen LogP contribution in [0, 0.1) is 0 Å². The van der Waals surface area contributed by atoms with Crippen LogP contribution in [0.15, 0.2) is 36.4 Å². The molecule has 0 fully saturated rings. The van der Waals surface area contributed by atoms with Crippen molar-refractivity contribution in [3.63, 3.8) is 0 Å². The third kappa shape index (κ3) is 6.92. The highest BCUT2D eigenvalue weighted by molar-refractivity contribution is 6.29. The van der Waals surface area contributed by atoms with Gasteiger partial charge in [0.25, 0.3) is 11.8 Å². The van der Waals surface area contributed by atoms with Crippen molar-refractivity contribution in [3.8, 4) is 0 Å². The zero-order valence-corrected chi connectivity index (χ0v) is 21.4. The van der Waals surface area contributed by atoms with Crippen LogP contribution < -0.4 is 32.7 Å². The second kappa shape index (κ2) is 13.5. The number of fused-ring (bicyclic) bond motifs is 2. The monoisotopic (exact) mass is 554 g/mol. The van der Waals surface area contributed by atoms with Gasteiger partial charge in [0.2, 0.25) is 11.8 Å². The zero-order chi connectivity index (χ0) is 29.4.